The van der Waals surface area contributed by atoms with Crippen LogP contribution in [0.2, 0.25) is 0 Å². The first-order valence-corrected chi connectivity index (χ1v) is 6.24. The van der Waals surface area contributed by atoms with E-state index in [1.165, 1.54) is 0 Å². The highest BCUT2D eigenvalue weighted by molar-refractivity contribution is 5.95. The minimum absolute atomic E-state index is 0.0270. The molecule has 0 spiro atoms. The molecule has 1 saturated heterocycles. The van der Waals surface area contributed by atoms with Crippen molar-refractivity contribution in [2.24, 2.45) is 5.73 Å². The molecule has 0 aromatic rings. The SMILES string of the molecule is CC(C)NC(=O)NC(=O)CN1CCNCC1C(N)=O. The number of rotatable bonds is 4. The van der Waals surface area contributed by atoms with Gasteiger partial charge in [-0.25, -0.2) is 4.79 Å². The third kappa shape index (κ3) is 5.23. The zero-order valence-electron chi connectivity index (χ0n) is 11.2. The maximum Gasteiger partial charge on any atom is 0.321 e. The zero-order chi connectivity index (χ0) is 14.4. The molecule has 108 valence electrons. The first-order valence-electron chi connectivity index (χ1n) is 6.24. The largest absolute Gasteiger partial charge is 0.368 e. The predicted molar refractivity (Wildman–Crippen MR) is 69.2 cm³/mol. The van der Waals surface area contributed by atoms with E-state index in [-0.39, 0.29) is 12.6 Å². The van der Waals surface area contributed by atoms with Gasteiger partial charge in [0.1, 0.15) is 6.04 Å². The molecule has 1 aliphatic rings. The van der Waals surface area contributed by atoms with E-state index in [0.29, 0.717) is 19.6 Å². The molecule has 0 radical (unpaired) electrons. The summed E-state index contributed by atoms with van der Waals surface area (Å²) >= 11 is 0. The molecule has 0 saturated carbocycles. The summed E-state index contributed by atoms with van der Waals surface area (Å²) in [5, 5.41) is 7.80. The average Bonchev–Trinajstić information content (AvgIpc) is 2.27. The molecule has 0 bridgehead atoms. The minimum atomic E-state index is -0.536. The number of urea groups is 1. The highest BCUT2D eigenvalue weighted by atomic mass is 16.2. The monoisotopic (exact) mass is 271 g/mol. The van der Waals surface area contributed by atoms with Gasteiger partial charge in [0.15, 0.2) is 0 Å². The van der Waals surface area contributed by atoms with E-state index in [9.17, 15) is 14.4 Å². The number of nitrogens with two attached hydrogens (primary N) is 1. The Morgan fingerprint density at radius 3 is 2.68 bits per heavy atom. The van der Waals surface area contributed by atoms with Crippen LogP contribution in [0.1, 0.15) is 13.8 Å². The van der Waals surface area contributed by atoms with Crippen molar-refractivity contribution in [3.05, 3.63) is 0 Å². The molecule has 8 nitrogen and oxygen atoms in total. The molecule has 5 N–H and O–H groups in total. The van der Waals surface area contributed by atoms with Crippen molar-refractivity contribution in [1.29, 1.82) is 0 Å². The number of nitrogens with zero attached hydrogens (tertiary/aromatic N) is 1. The van der Waals surface area contributed by atoms with Crippen LogP contribution in [-0.2, 0) is 9.59 Å². The van der Waals surface area contributed by atoms with Crippen molar-refractivity contribution in [2.45, 2.75) is 25.9 Å². The molecule has 1 aliphatic heterocycles. The van der Waals surface area contributed by atoms with Crippen LogP contribution in [0, 0.1) is 0 Å². The van der Waals surface area contributed by atoms with Crippen LogP contribution in [0.15, 0.2) is 0 Å². The van der Waals surface area contributed by atoms with E-state index in [0.717, 1.165) is 0 Å². The smallest absolute Gasteiger partial charge is 0.321 e. The quantitative estimate of drug-likeness (QED) is 0.471. The van der Waals surface area contributed by atoms with Gasteiger partial charge in [-0.1, -0.05) is 0 Å². The van der Waals surface area contributed by atoms with E-state index < -0.39 is 23.9 Å². The molecule has 19 heavy (non-hydrogen) atoms. The van der Waals surface area contributed by atoms with Crippen molar-refractivity contribution in [1.82, 2.24) is 20.9 Å². The molecular weight excluding hydrogens is 250 g/mol. The van der Waals surface area contributed by atoms with E-state index >= 15 is 0 Å². The normalized spacial score (nSPS) is 20.1. The molecule has 1 rings (SSSR count). The molecule has 1 fully saturated rings. The Balaban J connectivity index is 2.46. The molecular formula is C11H21N5O3. The number of hydrogen-bond donors (Lipinski definition) is 4. The maximum absolute atomic E-state index is 11.7. The summed E-state index contributed by atoms with van der Waals surface area (Å²) in [6, 6.07) is -1.11. The first-order chi connectivity index (χ1) is 8.90. The number of imide groups is 1. The second-order valence-electron chi connectivity index (χ2n) is 4.77. The summed E-state index contributed by atoms with van der Waals surface area (Å²) in [7, 11) is 0. The number of hydrogen-bond acceptors (Lipinski definition) is 5. The van der Waals surface area contributed by atoms with Gasteiger partial charge in [0.25, 0.3) is 0 Å². The Bertz CT molecular complexity index is 358. The molecule has 1 unspecified atom stereocenters. The fraction of sp³-hybridized carbons (Fsp3) is 0.727. The third-order valence-corrected chi connectivity index (χ3v) is 2.70. The van der Waals surface area contributed by atoms with Crippen LogP contribution in [0.4, 0.5) is 4.79 Å². The van der Waals surface area contributed by atoms with Gasteiger partial charge in [-0.15, -0.1) is 0 Å². The molecule has 0 aromatic carbocycles. The highest BCUT2D eigenvalue weighted by Gasteiger charge is 2.28. The lowest BCUT2D eigenvalue weighted by atomic mass is 10.2. The van der Waals surface area contributed by atoms with Crippen molar-refractivity contribution in [3.63, 3.8) is 0 Å². The van der Waals surface area contributed by atoms with E-state index in [2.05, 4.69) is 16.0 Å². The zero-order valence-corrected chi connectivity index (χ0v) is 11.2. The number of amides is 4. The Morgan fingerprint density at radius 2 is 2.11 bits per heavy atom. The lowest BCUT2D eigenvalue weighted by Gasteiger charge is -2.33. The van der Waals surface area contributed by atoms with Gasteiger partial charge >= 0.3 is 6.03 Å². The maximum atomic E-state index is 11.7. The number of piperazine rings is 1. The van der Waals surface area contributed by atoms with Crippen molar-refractivity contribution in [2.75, 3.05) is 26.2 Å². The summed E-state index contributed by atoms with van der Waals surface area (Å²) in [5.41, 5.74) is 5.27. The summed E-state index contributed by atoms with van der Waals surface area (Å²) < 4.78 is 0. The minimum Gasteiger partial charge on any atom is -0.368 e. The Kier molecular flexibility index (Phi) is 5.71. The van der Waals surface area contributed by atoms with Gasteiger partial charge in [0, 0.05) is 25.7 Å². The second-order valence-corrected chi connectivity index (χ2v) is 4.77. The van der Waals surface area contributed by atoms with Crippen molar-refractivity contribution in [3.8, 4) is 0 Å². The Morgan fingerprint density at radius 1 is 1.42 bits per heavy atom. The summed E-state index contributed by atoms with van der Waals surface area (Å²) in [6.45, 7) is 5.19. The van der Waals surface area contributed by atoms with Crippen LogP contribution < -0.4 is 21.7 Å². The fourth-order valence-electron chi connectivity index (χ4n) is 1.87. The van der Waals surface area contributed by atoms with E-state index in [1.807, 2.05) is 0 Å². The predicted octanol–water partition coefficient (Wildman–Crippen LogP) is -2.02. The van der Waals surface area contributed by atoms with Crippen LogP contribution in [0.25, 0.3) is 0 Å². The number of carbonyl (C=O) groups is 3. The molecule has 0 aromatic heterocycles. The summed E-state index contributed by atoms with van der Waals surface area (Å²) in [5.74, 6) is -0.932. The number of primary amides is 1. The standard InChI is InChI=1S/C11H21N5O3/c1-7(2)14-11(19)15-9(17)6-16-4-3-13-5-8(16)10(12)18/h7-8,13H,3-6H2,1-2H3,(H2,12,18)(H2,14,15,17,19). The highest BCUT2D eigenvalue weighted by Crippen LogP contribution is 2.01. The van der Waals surface area contributed by atoms with E-state index in [4.69, 9.17) is 5.73 Å². The van der Waals surface area contributed by atoms with Gasteiger partial charge in [-0.2, -0.15) is 0 Å². The van der Waals surface area contributed by atoms with Gasteiger partial charge in [-0.05, 0) is 13.8 Å². The van der Waals surface area contributed by atoms with Crippen LogP contribution in [-0.4, -0.2) is 61.0 Å². The second kappa shape index (κ2) is 7.05. The van der Waals surface area contributed by atoms with E-state index in [1.54, 1.807) is 18.7 Å². The van der Waals surface area contributed by atoms with Crippen molar-refractivity contribution < 1.29 is 14.4 Å². The van der Waals surface area contributed by atoms with Gasteiger partial charge in [0.2, 0.25) is 11.8 Å². The lowest BCUT2D eigenvalue weighted by molar-refractivity contribution is -0.127. The van der Waals surface area contributed by atoms with Gasteiger partial charge in [0.05, 0.1) is 6.54 Å². The Labute approximate surface area is 112 Å². The summed E-state index contributed by atoms with van der Waals surface area (Å²) in [6.07, 6.45) is 0. The van der Waals surface area contributed by atoms with Crippen LogP contribution in [0.5, 0.6) is 0 Å². The topological polar surface area (TPSA) is 117 Å². The molecule has 1 heterocycles. The number of carbonyl (C=O) groups excluding carboxylic acids is 3. The van der Waals surface area contributed by atoms with Crippen molar-refractivity contribution >= 4 is 17.8 Å². The van der Waals surface area contributed by atoms with Crippen LogP contribution in [0.3, 0.4) is 0 Å². The van der Waals surface area contributed by atoms with Gasteiger partial charge in [-0.3, -0.25) is 19.8 Å². The molecule has 1 atom stereocenters. The molecule has 8 heteroatoms. The van der Waals surface area contributed by atoms with Gasteiger partial charge < -0.3 is 16.4 Å². The third-order valence-electron chi connectivity index (χ3n) is 2.70. The Hall–Kier alpha value is -1.67. The fourth-order valence-corrected chi connectivity index (χ4v) is 1.87. The first kappa shape index (κ1) is 15.4. The number of nitrogens with one attached hydrogen (secondary N) is 3. The summed E-state index contributed by atoms with van der Waals surface area (Å²) in [4.78, 5) is 35.9. The van der Waals surface area contributed by atoms with Crippen LogP contribution >= 0.6 is 0 Å². The molecule has 4 amide bonds. The lowest BCUT2D eigenvalue weighted by Crippen LogP contribution is -2.59. The molecule has 0 aliphatic carbocycles. The average molecular weight is 271 g/mol.